The standard InChI is InChI=1S/C25H30F3NO4/c1-6-24(7-2,8-3)33-23(31)22-15-19(25(26,27)28)10-9-18(22)16-32-21-13-11-20(12-14-21)29(5)17(4)30/h9-15H,6-8,16H2,1-5H3. The van der Waals surface area contributed by atoms with Gasteiger partial charge in [-0.05, 0) is 55.7 Å². The number of hydrogen-bond donors (Lipinski definition) is 0. The van der Waals surface area contributed by atoms with Gasteiger partial charge >= 0.3 is 12.1 Å². The van der Waals surface area contributed by atoms with Crippen molar-refractivity contribution in [2.45, 2.75) is 65.3 Å². The Morgan fingerprint density at radius 3 is 2.00 bits per heavy atom. The van der Waals surface area contributed by atoms with Crippen LogP contribution in [0, 0.1) is 0 Å². The number of halogens is 3. The van der Waals surface area contributed by atoms with Crippen molar-refractivity contribution in [1.82, 2.24) is 0 Å². The molecule has 0 aromatic heterocycles. The number of anilines is 1. The lowest BCUT2D eigenvalue weighted by Crippen LogP contribution is -2.33. The molecule has 0 aliphatic carbocycles. The first kappa shape index (κ1) is 26.2. The van der Waals surface area contributed by atoms with Crippen LogP contribution in [0.3, 0.4) is 0 Å². The molecule has 0 saturated heterocycles. The van der Waals surface area contributed by atoms with E-state index in [0.29, 0.717) is 30.7 Å². The highest BCUT2D eigenvalue weighted by atomic mass is 19.4. The van der Waals surface area contributed by atoms with E-state index in [2.05, 4.69) is 0 Å². The average Bonchev–Trinajstić information content (AvgIpc) is 2.80. The molecule has 0 atom stereocenters. The SMILES string of the molecule is CCC(CC)(CC)OC(=O)c1cc(C(F)(F)F)ccc1COc1ccc(N(C)C(C)=O)cc1. The molecule has 0 saturated carbocycles. The Balaban J connectivity index is 2.31. The number of carbonyl (C=O) groups is 2. The van der Waals surface area contributed by atoms with E-state index in [0.717, 1.165) is 12.1 Å². The van der Waals surface area contributed by atoms with Gasteiger partial charge in [0.05, 0.1) is 11.1 Å². The van der Waals surface area contributed by atoms with Gasteiger partial charge in [-0.3, -0.25) is 4.79 Å². The smallest absolute Gasteiger partial charge is 0.416 e. The van der Waals surface area contributed by atoms with Crippen LogP contribution in [0.5, 0.6) is 5.75 Å². The highest BCUT2D eigenvalue weighted by Crippen LogP contribution is 2.33. The number of rotatable bonds is 9. The molecule has 0 N–H and O–H groups in total. The van der Waals surface area contributed by atoms with Gasteiger partial charge in [-0.1, -0.05) is 26.8 Å². The Morgan fingerprint density at radius 2 is 1.52 bits per heavy atom. The molecule has 2 rings (SSSR count). The van der Waals surface area contributed by atoms with E-state index >= 15 is 0 Å². The molecular weight excluding hydrogens is 435 g/mol. The maximum atomic E-state index is 13.3. The van der Waals surface area contributed by atoms with Gasteiger partial charge in [0.1, 0.15) is 18.0 Å². The molecule has 5 nitrogen and oxygen atoms in total. The molecule has 2 aromatic rings. The lowest BCUT2D eigenvalue weighted by Gasteiger charge is -2.30. The molecule has 0 spiro atoms. The lowest BCUT2D eigenvalue weighted by molar-refractivity contribution is -0.137. The summed E-state index contributed by atoms with van der Waals surface area (Å²) in [5.74, 6) is -0.484. The van der Waals surface area contributed by atoms with Crippen LogP contribution >= 0.6 is 0 Å². The Hall–Kier alpha value is -3.03. The minimum Gasteiger partial charge on any atom is -0.489 e. The summed E-state index contributed by atoms with van der Waals surface area (Å²) in [4.78, 5) is 25.9. The normalized spacial score (nSPS) is 11.8. The van der Waals surface area contributed by atoms with E-state index in [1.165, 1.54) is 17.9 Å². The van der Waals surface area contributed by atoms with Crippen molar-refractivity contribution in [3.63, 3.8) is 0 Å². The third-order valence-electron chi connectivity index (χ3n) is 5.99. The Labute approximate surface area is 192 Å². The molecule has 0 bridgehead atoms. The quantitative estimate of drug-likeness (QED) is 0.403. The summed E-state index contributed by atoms with van der Waals surface area (Å²) in [6.07, 6.45) is -2.93. The van der Waals surface area contributed by atoms with Crippen molar-refractivity contribution >= 4 is 17.6 Å². The topological polar surface area (TPSA) is 55.8 Å². The molecule has 2 aromatic carbocycles. The second-order valence-corrected chi connectivity index (χ2v) is 7.86. The van der Waals surface area contributed by atoms with Crippen molar-refractivity contribution in [1.29, 1.82) is 0 Å². The molecule has 0 unspecified atom stereocenters. The number of amides is 1. The summed E-state index contributed by atoms with van der Waals surface area (Å²) in [5, 5.41) is 0. The molecule has 0 aliphatic rings. The average molecular weight is 466 g/mol. The number of alkyl halides is 3. The predicted molar refractivity (Wildman–Crippen MR) is 120 cm³/mol. The van der Waals surface area contributed by atoms with Gasteiger partial charge in [0.15, 0.2) is 0 Å². The van der Waals surface area contributed by atoms with Gasteiger partial charge < -0.3 is 14.4 Å². The fraction of sp³-hybridized carbons (Fsp3) is 0.440. The van der Waals surface area contributed by atoms with E-state index in [1.54, 1.807) is 31.3 Å². The summed E-state index contributed by atoms with van der Waals surface area (Å²) >= 11 is 0. The van der Waals surface area contributed by atoms with Crippen LogP contribution in [0.25, 0.3) is 0 Å². The molecule has 8 heteroatoms. The minimum atomic E-state index is -4.59. The van der Waals surface area contributed by atoms with E-state index in [-0.39, 0.29) is 23.6 Å². The summed E-state index contributed by atoms with van der Waals surface area (Å²) in [6.45, 7) is 6.96. The van der Waals surface area contributed by atoms with Gasteiger partial charge in [-0.2, -0.15) is 13.2 Å². The summed E-state index contributed by atoms with van der Waals surface area (Å²) in [6, 6.07) is 9.65. The molecule has 1 amide bonds. The maximum absolute atomic E-state index is 13.3. The fourth-order valence-electron chi connectivity index (χ4n) is 3.40. The summed E-state index contributed by atoms with van der Waals surface area (Å²) < 4.78 is 51.3. The number of carbonyl (C=O) groups excluding carboxylic acids is 2. The molecule has 180 valence electrons. The zero-order valence-corrected chi connectivity index (χ0v) is 19.6. The van der Waals surface area contributed by atoms with E-state index in [9.17, 15) is 22.8 Å². The van der Waals surface area contributed by atoms with Crippen molar-refractivity contribution in [3.05, 3.63) is 59.2 Å². The number of esters is 1. The predicted octanol–water partition coefficient (Wildman–Crippen LogP) is 6.39. The van der Waals surface area contributed by atoms with Gasteiger partial charge in [0.25, 0.3) is 0 Å². The van der Waals surface area contributed by atoms with E-state index in [4.69, 9.17) is 9.47 Å². The van der Waals surface area contributed by atoms with Crippen LogP contribution in [-0.4, -0.2) is 24.5 Å². The summed E-state index contributed by atoms with van der Waals surface area (Å²) in [7, 11) is 1.64. The Morgan fingerprint density at radius 1 is 0.939 bits per heavy atom. The van der Waals surface area contributed by atoms with E-state index < -0.39 is 23.3 Å². The third-order valence-corrected chi connectivity index (χ3v) is 5.99. The lowest BCUT2D eigenvalue weighted by atomic mass is 9.93. The van der Waals surface area contributed by atoms with E-state index in [1.807, 2.05) is 20.8 Å². The largest absolute Gasteiger partial charge is 0.489 e. The monoisotopic (exact) mass is 465 g/mol. The number of ether oxygens (including phenoxy) is 2. The highest BCUT2D eigenvalue weighted by molar-refractivity contribution is 5.92. The number of benzene rings is 2. The van der Waals surface area contributed by atoms with Crippen molar-refractivity contribution in [2.24, 2.45) is 0 Å². The van der Waals surface area contributed by atoms with Crippen LogP contribution < -0.4 is 9.64 Å². The summed E-state index contributed by atoms with van der Waals surface area (Å²) in [5.41, 5.74) is -0.872. The molecule has 0 heterocycles. The first-order valence-corrected chi connectivity index (χ1v) is 10.9. The van der Waals surface area contributed by atoms with Crippen molar-refractivity contribution in [3.8, 4) is 5.75 Å². The van der Waals surface area contributed by atoms with Crippen molar-refractivity contribution in [2.75, 3.05) is 11.9 Å². The molecule has 0 radical (unpaired) electrons. The molecular formula is C25H30F3NO4. The van der Waals surface area contributed by atoms with Crippen LogP contribution in [-0.2, 0) is 22.3 Å². The third kappa shape index (κ3) is 6.49. The maximum Gasteiger partial charge on any atom is 0.416 e. The van der Waals surface area contributed by atoms with Crippen LogP contribution in [0.1, 0.15) is 68.4 Å². The zero-order chi connectivity index (χ0) is 24.8. The second kappa shape index (κ2) is 10.7. The molecule has 0 aliphatic heterocycles. The highest BCUT2D eigenvalue weighted by Gasteiger charge is 2.34. The van der Waals surface area contributed by atoms with Gasteiger partial charge in [-0.25, -0.2) is 4.79 Å². The van der Waals surface area contributed by atoms with Crippen molar-refractivity contribution < 1.29 is 32.2 Å². The van der Waals surface area contributed by atoms with Crippen LogP contribution in [0.15, 0.2) is 42.5 Å². The van der Waals surface area contributed by atoms with Gasteiger partial charge in [0.2, 0.25) is 5.91 Å². The molecule has 33 heavy (non-hydrogen) atoms. The Bertz CT molecular complexity index is 958. The first-order chi connectivity index (χ1) is 15.5. The molecule has 0 fully saturated rings. The Kier molecular flexibility index (Phi) is 8.52. The van der Waals surface area contributed by atoms with Crippen LogP contribution in [0.4, 0.5) is 18.9 Å². The second-order valence-electron chi connectivity index (χ2n) is 7.86. The zero-order valence-electron chi connectivity index (χ0n) is 19.6. The first-order valence-electron chi connectivity index (χ1n) is 10.9. The van der Waals surface area contributed by atoms with Crippen LogP contribution in [0.2, 0.25) is 0 Å². The number of nitrogens with zero attached hydrogens (tertiary/aromatic N) is 1. The van der Waals surface area contributed by atoms with Gasteiger partial charge in [0, 0.05) is 25.2 Å². The minimum absolute atomic E-state index is 0.123. The fourth-order valence-corrected chi connectivity index (χ4v) is 3.40. The number of hydrogen-bond acceptors (Lipinski definition) is 4. The van der Waals surface area contributed by atoms with Gasteiger partial charge in [-0.15, -0.1) is 0 Å².